The van der Waals surface area contributed by atoms with Crippen molar-refractivity contribution in [1.29, 1.82) is 0 Å². The van der Waals surface area contributed by atoms with Gasteiger partial charge in [-0.2, -0.15) is 0 Å². The van der Waals surface area contributed by atoms with E-state index in [1.807, 2.05) is 54.6 Å². The van der Waals surface area contributed by atoms with Crippen LogP contribution in [0.3, 0.4) is 0 Å². The van der Waals surface area contributed by atoms with Gasteiger partial charge >= 0.3 is 0 Å². The maximum Gasteiger partial charge on any atom is 0.194 e. The lowest BCUT2D eigenvalue weighted by Crippen LogP contribution is -2.04. The van der Waals surface area contributed by atoms with Gasteiger partial charge in [0.05, 0.1) is 34.3 Å². The second-order valence-corrected chi connectivity index (χ2v) is 24.2. The Bertz CT molecular complexity index is 5310. The van der Waals surface area contributed by atoms with Crippen molar-refractivity contribution in [2.45, 2.75) is 27.7 Å². The van der Waals surface area contributed by atoms with Crippen molar-refractivity contribution in [3.05, 3.63) is 325 Å². The van der Waals surface area contributed by atoms with Crippen LogP contribution in [0.4, 0.5) is 5.69 Å². The summed E-state index contributed by atoms with van der Waals surface area (Å²) in [6.07, 6.45) is 0. The summed E-state index contributed by atoms with van der Waals surface area (Å²) in [6.45, 7) is 17.0. The number of nitrogens with zero attached hydrogens (tertiary/aromatic N) is 6. The zero-order valence-electron chi connectivity index (χ0n) is 51.4. The number of aromatic nitrogens is 5. The monoisotopic (exact) mass is 1180 g/mol. The molecule has 0 bridgehead atoms. The van der Waals surface area contributed by atoms with Gasteiger partial charge in [-0.15, -0.1) is 0 Å². The number of rotatable bonds is 11. The van der Waals surface area contributed by atoms with E-state index in [0.717, 1.165) is 138 Å². The zero-order valence-corrected chi connectivity index (χ0v) is 51.4. The molecule has 0 saturated carbocycles. The number of hydrogen-bond acceptors (Lipinski definition) is 3. The molecule has 0 atom stereocenters. The van der Waals surface area contributed by atoms with Gasteiger partial charge in [-0.05, 0) is 168 Å². The summed E-state index contributed by atoms with van der Waals surface area (Å²) in [5.74, 6) is 1.66. The Morgan fingerprint density at radius 2 is 0.630 bits per heavy atom. The predicted molar refractivity (Wildman–Crippen MR) is 383 cm³/mol. The van der Waals surface area contributed by atoms with E-state index in [4.69, 9.17) is 21.5 Å². The number of hydrogen-bond donors (Lipinski definition) is 0. The molecule has 0 N–H and O–H groups in total. The summed E-state index contributed by atoms with van der Waals surface area (Å²) >= 11 is 0. The fourth-order valence-electron chi connectivity index (χ4n) is 13.2. The lowest BCUT2D eigenvalue weighted by molar-refractivity contribution is 1.07. The van der Waals surface area contributed by atoms with Crippen molar-refractivity contribution in [2.75, 3.05) is 0 Å². The lowest BCUT2D eigenvalue weighted by atomic mass is 9.92. The average molecular weight is 1180 g/mol. The Morgan fingerprint density at radius 1 is 0.261 bits per heavy atom. The summed E-state index contributed by atoms with van der Waals surface area (Å²) in [4.78, 5) is 20.3. The van der Waals surface area contributed by atoms with Crippen LogP contribution in [0, 0.1) is 34.3 Å². The third-order valence-electron chi connectivity index (χ3n) is 18.1. The van der Waals surface area contributed by atoms with Crippen LogP contribution in [0.25, 0.3) is 161 Å². The van der Waals surface area contributed by atoms with E-state index in [9.17, 15) is 0 Å². The molecule has 0 fully saturated rings. The molecule has 0 amide bonds. The van der Waals surface area contributed by atoms with E-state index >= 15 is 0 Å². The normalized spacial score (nSPS) is 11.5. The highest BCUT2D eigenvalue weighted by atomic mass is 15.0. The van der Waals surface area contributed by atoms with Gasteiger partial charge in [0.25, 0.3) is 0 Å². The highest BCUT2D eigenvalue weighted by molar-refractivity contribution is 6.14. The van der Waals surface area contributed by atoms with E-state index in [1.54, 1.807) is 0 Å². The Kier molecular flexibility index (Phi) is 13.7. The molecule has 434 valence electrons. The fraction of sp³-hybridized carbons (Fsp3) is 0.0465. The minimum absolute atomic E-state index is 0.526. The lowest BCUT2D eigenvalue weighted by Gasteiger charge is -2.20. The summed E-state index contributed by atoms with van der Waals surface area (Å²) in [5, 5.41) is 4.56. The molecule has 3 heterocycles. The number of benzene rings is 13. The van der Waals surface area contributed by atoms with Gasteiger partial charge in [-0.1, -0.05) is 235 Å². The predicted octanol–water partition coefficient (Wildman–Crippen LogP) is 22.9. The molecular weight excluding hydrogens is 1120 g/mol. The largest absolute Gasteiger partial charge is 0.309 e. The first-order chi connectivity index (χ1) is 45.2. The van der Waals surface area contributed by atoms with E-state index < -0.39 is 0 Å². The molecule has 0 aliphatic rings. The van der Waals surface area contributed by atoms with Crippen molar-refractivity contribution >= 4 is 49.3 Å². The van der Waals surface area contributed by atoms with Crippen molar-refractivity contribution in [2.24, 2.45) is 0 Å². The van der Waals surface area contributed by atoms with Crippen molar-refractivity contribution in [1.82, 2.24) is 24.1 Å². The number of para-hydroxylation sites is 1. The smallest absolute Gasteiger partial charge is 0.194 e. The molecule has 3 aromatic heterocycles. The summed E-state index contributed by atoms with van der Waals surface area (Å²) in [7, 11) is 0. The van der Waals surface area contributed by atoms with Crippen LogP contribution in [0.5, 0.6) is 0 Å². The van der Waals surface area contributed by atoms with Gasteiger partial charge in [-0.25, -0.2) is 19.8 Å². The molecular formula is C86H60N6. The SMILES string of the molecule is [C-]#[N+]c1ccccc1-c1ccc(-n2c3ccc(-c4ccc(C)cc4)cc3c3cc(-c4ccc(C)cc4)ccc32)c(-c2cc(-n3c4ccc(-c5ccc(C)cc5)cc4c4cc(-c5ccc(C)cc5)ccc43)ccc2-c2nc(-c3ccccc3)nc(-c3ccccc3)n2)c1. The molecule has 92 heavy (non-hydrogen) atoms. The Labute approximate surface area is 535 Å². The van der Waals surface area contributed by atoms with Crippen LogP contribution in [0.1, 0.15) is 22.3 Å². The molecule has 0 spiro atoms. The minimum Gasteiger partial charge on any atom is -0.309 e. The van der Waals surface area contributed by atoms with Gasteiger partial charge in [0.2, 0.25) is 0 Å². The van der Waals surface area contributed by atoms with Gasteiger partial charge in [-0.3, -0.25) is 0 Å². The van der Waals surface area contributed by atoms with Crippen molar-refractivity contribution in [3.63, 3.8) is 0 Å². The van der Waals surface area contributed by atoms with E-state index in [-0.39, 0.29) is 0 Å². The first-order valence-corrected chi connectivity index (χ1v) is 31.2. The van der Waals surface area contributed by atoms with E-state index in [1.165, 1.54) is 22.3 Å². The molecule has 0 saturated heterocycles. The van der Waals surface area contributed by atoms with E-state index in [2.05, 4.69) is 278 Å². The van der Waals surface area contributed by atoms with Gasteiger partial charge in [0, 0.05) is 49.5 Å². The third-order valence-corrected chi connectivity index (χ3v) is 18.1. The molecule has 16 aromatic rings. The number of fused-ring (bicyclic) bond motifs is 6. The Morgan fingerprint density at radius 3 is 1.05 bits per heavy atom. The average Bonchev–Trinajstić information content (AvgIpc) is 1.55. The third kappa shape index (κ3) is 9.99. The van der Waals surface area contributed by atoms with Crippen LogP contribution in [-0.2, 0) is 0 Å². The topological polar surface area (TPSA) is 52.9 Å². The Hall–Kier alpha value is -12.0. The Balaban J connectivity index is 1.02. The second-order valence-electron chi connectivity index (χ2n) is 24.2. The highest BCUT2D eigenvalue weighted by Gasteiger charge is 2.25. The van der Waals surface area contributed by atoms with Crippen molar-refractivity contribution < 1.29 is 0 Å². The first kappa shape index (κ1) is 55.3. The quantitative estimate of drug-likeness (QED) is 0.121. The molecule has 0 aliphatic heterocycles. The standard InChI is InChI=1S/C86H60N6/c1-54-20-28-58(29-21-54)64-36-43-79-74(48-64)75-49-65(59-30-22-55(2)23-31-59)37-44-80(75)91(79)69-41-42-71(86-89-84(62-14-8-6-9-15-62)88-85(90-86)63-16-10-7-11-17-63)72(53-69)73-52-68(70-18-12-13-19-78(70)87-5)40-47-81(73)92-82-45-38-66(60-32-24-56(3)25-33-60)50-76(82)77-51-67(39-46-83(77)92)61-34-26-57(4)27-35-61/h6-53H,1-4H3. The van der Waals surface area contributed by atoms with Crippen LogP contribution >= 0.6 is 0 Å². The molecule has 0 radical (unpaired) electrons. The van der Waals surface area contributed by atoms with E-state index in [0.29, 0.717) is 23.2 Å². The maximum atomic E-state index is 8.47. The zero-order chi connectivity index (χ0) is 62.0. The molecule has 0 unspecified atom stereocenters. The summed E-state index contributed by atoms with van der Waals surface area (Å²) in [6, 6.07) is 105. The summed E-state index contributed by atoms with van der Waals surface area (Å²) < 4.78 is 4.86. The first-order valence-electron chi connectivity index (χ1n) is 31.2. The second kappa shape index (κ2) is 22.8. The van der Waals surface area contributed by atoms with Crippen LogP contribution < -0.4 is 0 Å². The van der Waals surface area contributed by atoms with Gasteiger partial charge in [0.1, 0.15) is 0 Å². The van der Waals surface area contributed by atoms with Crippen LogP contribution in [-0.4, -0.2) is 24.1 Å². The van der Waals surface area contributed by atoms with Gasteiger partial charge < -0.3 is 9.13 Å². The van der Waals surface area contributed by atoms with Crippen LogP contribution in [0.2, 0.25) is 0 Å². The van der Waals surface area contributed by atoms with Crippen molar-refractivity contribution in [3.8, 4) is 112 Å². The molecule has 6 nitrogen and oxygen atoms in total. The molecule has 13 aromatic carbocycles. The highest BCUT2D eigenvalue weighted by Crippen LogP contribution is 2.46. The van der Waals surface area contributed by atoms with Gasteiger partial charge in [0.15, 0.2) is 23.2 Å². The van der Waals surface area contributed by atoms with Crippen LogP contribution in [0.15, 0.2) is 291 Å². The maximum absolute atomic E-state index is 8.47. The molecule has 0 aliphatic carbocycles. The molecule has 6 heteroatoms. The number of aryl methyl sites for hydroxylation is 4. The minimum atomic E-state index is 0.526. The fourth-order valence-corrected chi connectivity index (χ4v) is 13.2. The molecule has 16 rings (SSSR count). The summed E-state index contributed by atoms with van der Waals surface area (Å²) in [5.41, 5.74) is 27.0.